The van der Waals surface area contributed by atoms with Gasteiger partial charge in [0.05, 0.1) is 12.2 Å². The first-order valence-electron chi connectivity index (χ1n) is 16.1. The molecule has 1 atom stereocenters. The van der Waals surface area contributed by atoms with Gasteiger partial charge in [0.1, 0.15) is 17.6 Å². The van der Waals surface area contributed by atoms with Gasteiger partial charge in [0.2, 0.25) is 17.7 Å². The Hall–Kier alpha value is -5.20. The number of fused-ring (bicyclic) bond motifs is 3. The van der Waals surface area contributed by atoms with Gasteiger partial charge in [0.15, 0.2) is 0 Å². The van der Waals surface area contributed by atoms with Gasteiger partial charge in [-0.1, -0.05) is 24.3 Å². The average molecular weight is 642 g/mol. The minimum absolute atomic E-state index is 0.0693. The molecule has 5 N–H and O–H groups in total. The van der Waals surface area contributed by atoms with E-state index >= 15 is 0 Å². The molecule has 0 saturated carbocycles. The Morgan fingerprint density at radius 2 is 1.74 bits per heavy atom. The van der Waals surface area contributed by atoms with Crippen molar-refractivity contribution in [2.45, 2.75) is 59.0 Å². The highest BCUT2D eigenvalue weighted by molar-refractivity contribution is 5.97. The molecular weight excluding hydrogens is 598 g/mol. The molecule has 1 aliphatic rings. The number of benzene rings is 1. The first-order valence-corrected chi connectivity index (χ1v) is 16.1. The summed E-state index contributed by atoms with van der Waals surface area (Å²) in [6.45, 7) is 7.66. The lowest BCUT2D eigenvalue weighted by atomic mass is 10.0. The molecule has 0 aliphatic carbocycles. The van der Waals surface area contributed by atoms with Crippen LogP contribution in [0.1, 0.15) is 52.3 Å². The molecule has 1 aliphatic heterocycles. The van der Waals surface area contributed by atoms with Crippen molar-refractivity contribution in [1.29, 1.82) is 0 Å². The number of para-hydroxylation sites is 1. The molecule has 13 nitrogen and oxygen atoms in total. The summed E-state index contributed by atoms with van der Waals surface area (Å²) in [6.07, 6.45) is 3.51. The van der Waals surface area contributed by atoms with E-state index in [0.29, 0.717) is 51.4 Å². The lowest BCUT2D eigenvalue weighted by Crippen LogP contribution is -2.48. The second-order valence-corrected chi connectivity index (χ2v) is 11.9. The summed E-state index contributed by atoms with van der Waals surface area (Å²) < 4.78 is 1.84. The lowest BCUT2D eigenvalue weighted by molar-refractivity contribution is -0.136. The molecule has 4 aromatic rings. The van der Waals surface area contributed by atoms with Gasteiger partial charge in [0, 0.05) is 68.4 Å². The molecule has 13 heteroatoms. The maximum Gasteiger partial charge on any atom is 0.270 e. The van der Waals surface area contributed by atoms with E-state index in [1.165, 1.54) is 0 Å². The maximum absolute atomic E-state index is 13.5. The average Bonchev–Trinajstić information content (AvgIpc) is 3.59. The Labute approximate surface area is 273 Å². The van der Waals surface area contributed by atoms with E-state index in [1.807, 2.05) is 55.9 Å². The molecule has 47 heavy (non-hydrogen) atoms. The third kappa shape index (κ3) is 8.54. The fourth-order valence-corrected chi connectivity index (χ4v) is 5.66. The number of aromatic amines is 1. The minimum Gasteiger partial charge on any atom is -0.368 e. The zero-order chi connectivity index (χ0) is 33.3. The molecule has 2 bridgehead atoms. The van der Waals surface area contributed by atoms with Gasteiger partial charge < -0.3 is 31.2 Å². The number of aromatic nitrogens is 4. The monoisotopic (exact) mass is 641 g/mol. The number of amides is 4. The normalized spacial score (nSPS) is 17.1. The van der Waals surface area contributed by atoms with E-state index in [1.54, 1.807) is 23.1 Å². The summed E-state index contributed by atoms with van der Waals surface area (Å²) in [5.74, 6) is -0.734. The van der Waals surface area contributed by atoms with Crippen LogP contribution in [0.3, 0.4) is 0 Å². The van der Waals surface area contributed by atoms with E-state index in [-0.39, 0.29) is 42.8 Å². The van der Waals surface area contributed by atoms with Crippen LogP contribution in [0.5, 0.6) is 0 Å². The van der Waals surface area contributed by atoms with Crippen LogP contribution in [0.4, 0.5) is 5.82 Å². The van der Waals surface area contributed by atoms with Gasteiger partial charge in [-0.25, -0.2) is 4.98 Å². The van der Waals surface area contributed by atoms with Crippen LogP contribution in [0.2, 0.25) is 0 Å². The Kier molecular flexibility index (Phi) is 10.9. The van der Waals surface area contributed by atoms with E-state index in [0.717, 1.165) is 33.4 Å². The van der Waals surface area contributed by atoms with Crippen molar-refractivity contribution in [2.24, 2.45) is 0 Å². The maximum atomic E-state index is 13.5. The second-order valence-electron chi connectivity index (χ2n) is 11.9. The van der Waals surface area contributed by atoms with Gasteiger partial charge in [-0.15, -0.1) is 0 Å². The number of carbonyl (C=O) groups excluding carboxylic acids is 4. The van der Waals surface area contributed by atoms with Crippen LogP contribution < -0.4 is 21.3 Å². The van der Waals surface area contributed by atoms with E-state index < -0.39 is 11.9 Å². The van der Waals surface area contributed by atoms with Crippen molar-refractivity contribution in [3.8, 4) is 0 Å². The third-order valence-electron chi connectivity index (χ3n) is 8.58. The van der Waals surface area contributed by atoms with Gasteiger partial charge >= 0.3 is 0 Å². The van der Waals surface area contributed by atoms with Crippen LogP contribution >= 0.6 is 0 Å². The molecule has 4 amide bonds. The van der Waals surface area contributed by atoms with E-state index in [4.69, 9.17) is 0 Å². The molecule has 0 radical (unpaired) electrons. The topological polar surface area (TPSA) is 166 Å². The molecule has 0 fully saturated rings. The number of rotatable bonds is 5. The van der Waals surface area contributed by atoms with Crippen molar-refractivity contribution in [1.82, 2.24) is 40.6 Å². The van der Waals surface area contributed by atoms with Crippen LogP contribution in [-0.2, 0) is 27.3 Å². The summed E-state index contributed by atoms with van der Waals surface area (Å²) >= 11 is 0. The largest absolute Gasteiger partial charge is 0.368 e. The predicted octanol–water partition coefficient (Wildman–Crippen LogP) is 2.38. The van der Waals surface area contributed by atoms with E-state index in [2.05, 4.69) is 36.3 Å². The zero-order valence-electron chi connectivity index (χ0n) is 27.2. The van der Waals surface area contributed by atoms with Crippen molar-refractivity contribution in [2.75, 3.05) is 38.0 Å². The van der Waals surface area contributed by atoms with Crippen molar-refractivity contribution >= 4 is 40.3 Å². The van der Waals surface area contributed by atoms with Crippen LogP contribution in [0.15, 0.2) is 48.7 Å². The zero-order valence-corrected chi connectivity index (χ0v) is 27.2. The first-order chi connectivity index (χ1) is 22.7. The number of hydrogen-bond acceptors (Lipinski definition) is 7. The summed E-state index contributed by atoms with van der Waals surface area (Å²) in [6, 6.07) is 12.0. The molecule has 0 spiro atoms. The predicted molar refractivity (Wildman–Crippen MR) is 179 cm³/mol. The highest BCUT2D eigenvalue weighted by Crippen LogP contribution is 2.19. The molecule has 1 aromatic carbocycles. The fourth-order valence-electron chi connectivity index (χ4n) is 5.66. The Morgan fingerprint density at radius 3 is 2.55 bits per heavy atom. The summed E-state index contributed by atoms with van der Waals surface area (Å²) in [5.41, 5.74) is 5.07. The Balaban J connectivity index is 1.29. The molecule has 4 heterocycles. The lowest BCUT2D eigenvalue weighted by Gasteiger charge is -2.23. The van der Waals surface area contributed by atoms with Gasteiger partial charge in [-0.2, -0.15) is 5.10 Å². The van der Waals surface area contributed by atoms with Gasteiger partial charge in [-0.3, -0.25) is 23.9 Å². The number of aryl methyl sites for hydroxylation is 2. The number of hydrogen-bond donors (Lipinski definition) is 5. The van der Waals surface area contributed by atoms with E-state index in [9.17, 15) is 19.2 Å². The second kappa shape index (κ2) is 15.4. The molecule has 0 unspecified atom stereocenters. The molecule has 248 valence electrons. The van der Waals surface area contributed by atoms with Crippen molar-refractivity contribution in [3.63, 3.8) is 0 Å². The number of carbonyl (C=O) groups is 4. The number of anilines is 1. The quantitative estimate of drug-likeness (QED) is 0.223. The van der Waals surface area contributed by atoms with Gasteiger partial charge in [0.25, 0.3) is 5.91 Å². The first kappa shape index (κ1) is 33.2. The van der Waals surface area contributed by atoms with Crippen molar-refractivity contribution < 1.29 is 19.2 Å². The standard InChI is InChI=1S/C34H43N9O4/c1-22-23(2)41-43(24(22)3)18-13-32(45)42-17-7-6-14-37-33(46)29(19-25-20-38-27-10-5-4-9-26(25)27)40-34(47)28-11-8-12-30(39-28)35-15-16-36-31(44)21-42/h4-5,8-12,20,29,38H,6-7,13-19,21H2,1-3H3,(H,35,39)(H,36,44)(H,37,46)(H,40,47)/t29-/m0/s1. The van der Waals surface area contributed by atoms with Crippen LogP contribution in [-0.4, -0.2) is 87.0 Å². The highest BCUT2D eigenvalue weighted by Gasteiger charge is 2.24. The summed E-state index contributed by atoms with van der Waals surface area (Å²) in [4.78, 5) is 62.2. The van der Waals surface area contributed by atoms with Crippen molar-refractivity contribution in [3.05, 3.63) is 76.9 Å². The number of pyridine rings is 1. The number of nitrogens with zero attached hydrogens (tertiary/aromatic N) is 4. The molecular formula is C34H43N9O4. The van der Waals surface area contributed by atoms with Crippen LogP contribution in [0, 0.1) is 20.8 Å². The third-order valence-corrected chi connectivity index (χ3v) is 8.58. The highest BCUT2D eigenvalue weighted by atomic mass is 16.2. The summed E-state index contributed by atoms with van der Waals surface area (Å²) in [7, 11) is 0. The molecule has 0 saturated heterocycles. The SMILES string of the molecule is Cc1nn(CCC(=O)N2CCCCNC(=O)[C@H](Cc3c[nH]c4ccccc34)NC(=O)c3cccc(n3)NCCNC(=O)C2)c(C)c1C. The minimum atomic E-state index is -0.847. The smallest absolute Gasteiger partial charge is 0.270 e. The Bertz CT molecular complexity index is 1740. The fraction of sp³-hybridized carbons (Fsp3) is 0.412. The van der Waals surface area contributed by atoms with Crippen LogP contribution in [0.25, 0.3) is 10.9 Å². The number of nitrogens with one attached hydrogen (secondary N) is 5. The molecule has 5 rings (SSSR count). The molecule has 3 aromatic heterocycles. The number of H-pyrrole nitrogens is 1. The summed E-state index contributed by atoms with van der Waals surface area (Å²) in [5, 5.41) is 17.3. The van der Waals surface area contributed by atoms with Gasteiger partial charge in [-0.05, 0) is 62.9 Å². The Morgan fingerprint density at radius 1 is 0.936 bits per heavy atom.